The summed E-state index contributed by atoms with van der Waals surface area (Å²) in [5.41, 5.74) is 2.25. The molecule has 0 radical (unpaired) electrons. The van der Waals surface area contributed by atoms with Crippen molar-refractivity contribution in [2.24, 2.45) is 5.41 Å². The van der Waals surface area contributed by atoms with Crippen molar-refractivity contribution in [3.63, 3.8) is 0 Å². The van der Waals surface area contributed by atoms with Gasteiger partial charge >= 0.3 is 5.97 Å². The number of nitrogens with one attached hydrogen (secondary N) is 1. The standard InChI is InChI=1S/C22H28N4O2/c1-21(2,3)14-22(4,5)25-18-17(24-20-23-12-7-13-26(18)20)15-8-10-16(11-9-15)19(27)28-6/h7-13,25H,14H2,1-6H3. The van der Waals surface area contributed by atoms with Gasteiger partial charge in [-0.15, -0.1) is 0 Å². The van der Waals surface area contributed by atoms with Crippen LogP contribution in [-0.2, 0) is 4.74 Å². The molecule has 0 aliphatic carbocycles. The van der Waals surface area contributed by atoms with Crippen LogP contribution in [0.25, 0.3) is 17.0 Å². The first-order valence-corrected chi connectivity index (χ1v) is 9.40. The van der Waals surface area contributed by atoms with E-state index in [4.69, 9.17) is 9.72 Å². The van der Waals surface area contributed by atoms with Crippen LogP contribution in [0.4, 0.5) is 5.82 Å². The molecule has 0 unspecified atom stereocenters. The number of ether oxygens (including phenoxy) is 1. The molecular weight excluding hydrogens is 352 g/mol. The van der Waals surface area contributed by atoms with Crippen molar-refractivity contribution < 1.29 is 9.53 Å². The number of anilines is 1. The van der Waals surface area contributed by atoms with Crippen LogP contribution < -0.4 is 5.32 Å². The second-order valence-corrected chi connectivity index (χ2v) is 8.91. The summed E-state index contributed by atoms with van der Waals surface area (Å²) in [4.78, 5) is 20.8. The number of rotatable bonds is 5. The first-order chi connectivity index (χ1) is 13.1. The molecule has 6 heteroatoms. The summed E-state index contributed by atoms with van der Waals surface area (Å²) in [5, 5.41) is 3.68. The highest BCUT2D eigenvalue weighted by Gasteiger charge is 2.28. The van der Waals surface area contributed by atoms with Crippen molar-refractivity contribution in [2.45, 2.75) is 46.6 Å². The molecule has 28 heavy (non-hydrogen) atoms. The molecule has 6 nitrogen and oxygen atoms in total. The summed E-state index contributed by atoms with van der Waals surface area (Å²) in [5.74, 6) is 1.17. The van der Waals surface area contributed by atoms with E-state index >= 15 is 0 Å². The summed E-state index contributed by atoms with van der Waals surface area (Å²) in [6.07, 6.45) is 4.67. The molecule has 3 rings (SSSR count). The summed E-state index contributed by atoms with van der Waals surface area (Å²) >= 11 is 0. The highest BCUT2D eigenvalue weighted by Crippen LogP contribution is 2.34. The molecule has 0 amide bonds. The molecule has 0 fully saturated rings. The van der Waals surface area contributed by atoms with Gasteiger partial charge in [0, 0.05) is 23.5 Å². The molecule has 1 aromatic carbocycles. The van der Waals surface area contributed by atoms with Gasteiger partial charge in [0.1, 0.15) is 11.5 Å². The van der Waals surface area contributed by atoms with Crippen LogP contribution in [0.2, 0.25) is 0 Å². The molecule has 1 N–H and O–H groups in total. The van der Waals surface area contributed by atoms with E-state index in [0.717, 1.165) is 23.5 Å². The Hall–Kier alpha value is -2.89. The van der Waals surface area contributed by atoms with E-state index < -0.39 is 0 Å². The smallest absolute Gasteiger partial charge is 0.337 e. The van der Waals surface area contributed by atoms with Gasteiger partial charge in [-0.2, -0.15) is 0 Å². The zero-order valence-corrected chi connectivity index (χ0v) is 17.4. The Balaban J connectivity index is 2.06. The van der Waals surface area contributed by atoms with Gasteiger partial charge in [-0.05, 0) is 43.9 Å². The summed E-state index contributed by atoms with van der Waals surface area (Å²) in [6.45, 7) is 11.1. The fourth-order valence-corrected chi connectivity index (χ4v) is 3.78. The maximum absolute atomic E-state index is 11.7. The molecule has 0 aliphatic rings. The lowest BCUT2D eigenvalue weighted by molar-refractivity contribution is 0.0600. The van der Waals surface area contributed by atoms with Crippen molar-refractivity contribution in [3.8, 4) is 11.3 Å². The van der Waals surface area contributed by atoms with Gasteiger partial charge in [0.2, 0.25) is 5.78 Å². The number of benzene rings is 1. The van der Waals surface area contributed by atoms with Crippen LogP contribution in [0.3, 0.4) is 0 Å². The number of imidazole rings is 1. The average molecular weight is 380 g/mol. The molecule has 0 aliphatic heterocycles. The van der Waals surface area contributed by atoms with E-state index in [9.17, 15) is 4.79 Å². The predicted molar refractivity (Wildman–Crippen MR) is 112 cm³/mol. The molecule has 0 saturated heterocycles. The Labute approximate surface area is 166 Å². The number of methoxy groups -OCH3 is 1. The first kappa shape index (κ1) is 19.9. The minimum atomic E-state index is -0.354. The van der Waals surface area contributed by atoms with Crippen LogP contribution in [-0.4, -0.2) is 33.0 Å². The second-order valence-electron chi connectivity index (χ2n) is 8.91. The normalized spacial score (nSPS) is 12.2. The molecule has 0 saturated carbocycles. The molecule has 148 valence electrons. The molecule has 0 bridgehead atoms. The van der Waals surface area contributed by atoms with Gasteiger partial charge in [-0.3, -0.25) is 4.40 Å². The maximum Gasteiger partial charge on any atom is 0.337 e. The lowest BCUT2D eigenvalue weighted by atomic mass is 9.82. The van der Waals surface area contributed by atoms with E-state index in [2.05, 4.69) is 44.9 Å². The number of hydrogen-bond acceptors (Lipinski definition) is 5. The minimum absolute atomic E-state index is 0.148. The van der Waals surface area contributed by atoms with Crippen LogP contribution in [0.15, 0.2) is 42.7 Å². The third-order valence-corrected chi connectivity index (χ3v) is 4.41. The topological polar surface area (TPSA) is 68.5 Å². The number of fused-ring (bicyclic) bond motifs is 1. The SMILES string of the molecule is COC(=O)c1ccc(-c2nc3ncccn3c2NC(C)(C)CC(C)(C)C)cc1. The Morgan fingerprint density at radius 2 is 1.82 bits per heavy atom. The molecule has 0 atom stereocenters. The van der Waals surface area contributed by atoms with Crippen molar-refractivity contribution in [1.82, 2.24) is 14.4 Å². The zero-order valence-electron chi connectivity index (χ0n) is 17.4. The van der Waals surface area contributed by atoms with Gasteiger partial charge in [0.05, 0.1) is 12.7 Å². The Kier molecular flexibility index (Phi) is 5.15. The van der Waals surface area contributed by atoms with Crippen molar-refractivity contribution in [2.75, 3.05) is 12.4 Å². The largest absolute Gasteiger partial charge is 0.465 e. The fourth-order valence-electron chi connectivity index (χ4n) is 3.78. The van der Waals surface area contributed by atoms with Gasteiger partial charge in [0.15, 0.2) is 0 Å². The maximum atomic E-state index is 11.7. The predicted octanol–water partition coefficient (Wildman–Crippen LogP) is 4.81. The Morgan fingerprint density at radius 1 is 1.14 bits per heavy atom. The highest BCUT2D eigenvalue weighted by atomic mass is 16.5. The van der Waals surface area contributed by atoms with Crippen LogP contribution in [0.1, 0.15) is 51.4 Å². The van der Waals surface area contributed by atoms with E-state index in [1.54, 1.807) is 18.3 Å². The van der Waals surface area contributed by atoms with E-state index in [1.807, 2.05) is 28.8 Å². The number of esters is 1. The van der Waals surface area contributed by atoms with Gasteiger partial charge in [-0.25, -0.2) is 14.8 Å². The average Bonchev–Trinajstić information content (AvgIpc) is 2.97. The fraction of sp³-hybridized carbons (Fsp3) is 0.409. The summed E-state index contributed by atoms with van der Waals surface area (Å²) in [6, 6.07) is 9.16. The van der Waals surface area contributed by atoms with E-state index in [1.165, 1.54) is 7.11 Å². The third-order valence-electron chi connectivity index (χ3n) is 4.41. The molecule has 2 aromatic heterocycles. The van der Waals surface area contributed by atoms with Crippen LogP contribution in [0.5, 0.6) is 0 Å². The first-order valence-electron chi connectivity index (χ1n) is 9.40. The van der Waals surface area contributed by atoms with Crippen molar-refractivity contribution in [1.29, 1.82) is 0 Å². The van der Waals surface area contributed by atoms with Gasteiger partial charge < -0.3 is 10.1 Å². The number of aromatic nitrogens is 3. The number of carbonyl (C=O) groups excluding carboxylic acids is 1. The molecular formula is C22H28N4O2. The lowest BCUT2D eigenvalue weighted by Crippen LogP contribution is -2.36. The second kappa shape index (κ2) is 7.26. The number of hydrogen-bond donors (Lipinski definition) is 1. The molecule has 2 heterocycles. The zero-order chi connectivity index (χ0) is 20.5. The van der Waals surface area contributed by atoms with Crippen molar-refractivity contribution >= 4 is 17.6 Å². The number of nitrogens with zero attached hydrogens (tertiary/aromatic N) is 3. The van der Waals surface area contributed by atoms with Crippen LogP contribution >= 0.6 is 0 Å². The third kappa shape index (κ3) is 4.32. The summed E-state index contributed by atoms with van der Waals surface area (Å²) in [7, 11) is 1.38. The monoisotopic (exact) mass is 380 g/mol. The van der Waals surface area contributed by atoms with Crippen LogP contribution in [0, 0.1) is 5.41 Å². The Bertz CT molecular complexity index is 982. The van der Waals surface area contributed by atoms with Crippen molar-refractivity contribution in [3.05, 3.63) is 48.3 Å². The molecule has 0 spiro atoms. The van der Waals surface area contributed by atoms with Gasteiger partial charge in [-0.1, -0.05) is 32.9 Å². The number of carbonyl (C=O) groups is 1. The van der Waals surface area contributed by atoms with E-state index in [0.29, 0.717) is 11.3 Å². The van der Waals surface area contributed by atoms with Gasteiger partial charge in [0.25, 0.3) is 0 Å². The summed E-state index contributed by atoms with van der Waals surface area (Å²) < 4.78 is 6.75. The van der Waals surface area contributed by atoms with E-state index in [-0.39, 0.29) is 16.9 Å². The highest BCUT2D eigenvalue weighted by molar-refractivity contribution is 5.90. The quantitative estimate of drug-likeness (QED) is 0.643. The molecule has 3 aromatic rings. The minimum Gasteiger partial charge on any atom is -0.465 e. The Morgan fingerprint density at radius 3 is 2.43 bits per heavy atom. The lowest BCUT2D eigenvalue weighted by Gasteiger charge is -2.34.